The first-order valence-corrected chi connectivity index (χ1v) is 4.79. The van der Waals surface area contributed by atoms with Gasteiger partial charge in [-0.25, -0.2) is 9.87 Å². The third-order valence-electron chi connectivity index (χ3n) is 1.68. The van der Waals surface area contributed by atoms with Crippen LogP contribution in [-0.4, -0.2) is 18.7 Å². The Bertz CT molecular complexity index is 443. The lowest BCUT2D eigenvalue weighted by Gasteiger charge is -2.06. The smallest absolute Gasteiger partial charge is 0.268 e. The molecule has 0 unspecified atom stereocenters. The molecule has 0 saturated carbocycles. The quantitative estimate of drug-likeness (QED) is 0.515. The summed E-state index contributed by atoms with van der Waals surface area (Å²) in [6.07, 6.45) is -2.33. The molecule has 0 aliphatic heterocycles. The first kappa shape index (κ1) is 14.2. The van der Waals surface area contributed by atoms with E-state index in [0.29, 0.717) is 5.56 Å². The van der Waals surface area contributed by atoms with E-state index in [2.05, 4.69) is 4.84 Å². The molecule has 3 nitrogen and oxygen atoms in total. The van der Waals surface area contributed by atoms with Crippen LogP contribution in [0.15, 0.2) is 30.3 Å². The predicted octanol–water partition coefficient (Wildman–Crippen LogP) is 2.45. The Balaban J connectivity index is 2.40. The average molecular weight is 263 g/mol. The van der Waals surface area contributed by atoms with Crippen molar-refractivity contribution >= 4 is 12.0 Å². The minimum Gasteiger partial charge on any atom is -0.268 e. The van der Waals surface area contributed by atoms with Gasteiger partial charge in [0.2, 0.25) is 0 Å². The molecule has 0 atom stereocenters. The van der Waals surface area contributed by atoms with Crippen LogP contribution in [0.1, 0.15) is 5.56 Å². The van der Waals surface area contributed by atoms with Gasteiger partial charge in [-0.15, -0.1) is 0 Å². The zero-order valence-corrected chi connectivity index (χ0v) is 9.00. The molecule has 0 radical (unpaired) electrons. The van der Waals surface area contributed by atoms with Crippen molar-refractivity contribution in [3.63, 3.8) is 0 Å². The van der Waals surface area contributed by atoms with E-state index in [1.165, 1.54) is 30.3 Å². The van der Waals surface area contributed by atoms with Gasteiger partial charge in [-0.2, -0.15) is 13.2 Å². The van der Waals surface area contributed by atoms with Crippen LogP contribution in [0.2, 0.25) is 0 Å². The summed E-state index contributed by atoms with van der Waals surface area (Å²) < 4.78 is 47.7. The van der Waals surface area contributed by atoms with Crippen LogP contribution in [0.25, 0.3) is 6.08 Å². The van der Waals surface area contributed by atoms with Gasteiger partial charge in [0, 0.05) is 6.08 Å². The van der Waals surface area contributed by atoms with E-state index in [4.69, 9.17) is 0 Å². The van der Waals surface area contributed by atoms with E-state index in [-0.39, 0.29) is 0 Å². The number of amides is 1. The van der Waals surface area contributed by atoms with Gasteiger partial charge >= 0.3 is 6.18 Å². The summed E-state index contributed by atoms with van der Waals surface area (Å²) in [7, 11) is 0. The normalized spacial score (nSPS) is 11.8. The van der Waals surface area contributed by atoms with Crippen molar-refractivity contribution in [2.75, 3.05) is 6.61 Å². The maximum atomic E-state index is 12.7. The van der Waals surface area contributed by atoms with Crippen LogP contribution in [0.3, 0.4) is 0 Å². The molecule has 0 aromatic heterocycles. The largest absolute Gasteiger partial charge is 0.414 e. The summed E-state index contributed by atoms with van der Waals surface area (Å²) >= 11 is 0. The van der Waals surface area contributed by atoms with Crippen molar-refractivity contribution in [2.24, 2.45) is 0 Å². The predicted molar refractivity (Wildman–Crippen MR) is 55.6 cm³/mol. The highest BCUT2D eigenvalue weighted by molar-refractivity contribution is 5.90. The van der Waals surface area contributed by atoms with Crippen LogP contribution in [0, 0.1) is 5.82 Å². The van der Waals surface area contributed by atoms with Gasteiger partial charge in [0.15, 0.2) is 6.61 Å². The van der Waals surface area contributed by atoms with E-state index in [1.807, 2.05) is 0 Å². The summed E-state index contributed by atoms with van der Waals surface area (Å²) in [5.41, 5.74) is 1.99. The lowest BCUT2D eigenvalue weighted by atomic mass is 10.2. The molecular weight excluding hydrogens is 254 g/mol. The standard InChI is InChI=1S/C11H9F4NO2/c12-9-3-1-2-8(6-9)4-5-10(17)16-18-7-11(13,14)15/h1-6H,7H2,(H,16,17)/b5-4+. The number of hydroxylamine groups is 1. The molecular formula is C11H9F4NO2. The van der Waals surface area contributed by atoms with Gasteiger partial charge in [-0.1, -0.05) is 12.1 Å². The van der Waals surface area contributed by atoms with Crippen LogP contribution in [-0.2, 0) is 9.63 Å². The van der Waals surface area contributed by atoms with Crippen molar-refractivity contribution in [1.29, 1.82) is 0 Å². The topological polar surface area (TPSA) is 38.3 Å². The van der Waals surface area contributed by atoms with Crippen molar-refractivity contribution in [3.8, 4) is 0 Å². The fourth-order valence-electron chi connectivity index (χ4n) is 1.01. The number of rotatable bonds is 4. The van der Waals surface area contributed by atoms with Gasteiger partial charge < -0.3 is 0 Å². The summed E-state index contributed by atoms with van der Waals surface area (Å²) in [6, 6.07) is 5.36. The van der Waals surface area contributed by atoms with Gasteiger partial charge in [-0.3, -0.25) is 9.63 Å². The van der Waals surface area contributed by atoms with E-state index < -0.39 is 24.5 Å². The second kappa shape index (κ2) is 6.15. The number of alkyl halides is 3. The highest BCUT2D eigenvalue weighted by Gasteiger charge is 2.28. The number of carbonyl (C=O) groups is 1. The highest BCUT2D eigenvalue weighted by Crippen LogP contribution is 2.13. The molecule has 0 fully saturated rings. The zero-order valence-electron chi connectivity index (χ0n) is 9.00. The van der Waals surface area contributed by atoms with E-state index in [1.54, 1.807) is 5.48 Å². The molecule has 7 heteroatoms. The maximum absolute atomic E-state index is 12.7. The molecule has 1 aromatic carbocycles. The lowest BCUT2D eigenvalue weighted by Crippen LogP contribution is -2.28. The van der Waals surface area contributed by atoms with Crippen LogP contribution >= 0.6 is 0 Å². The summed E-state index contributed by atoms with van der Waals surface area (Å²) in [5.74, 6) is -1.35. The summed E-state index contributed by atoms with van der Waals surface area (Å²) in [4.78, 5) is 14.9. The Morgan fingerprint density at radius 2 is 2.11 bits per heavy atom. The summed E-state index contributed by atoms with van der Waals surface area (Å²) in [6.45, 7) is -1.58. The molecule has 0 heterocycles. The molecule has 1 rings (SSSR count). The number of hydrogen-bond acceptors (Lipinski definition) is 2. The average Bonchev–Trinajstić information content (AvgIpc) is 2.25. The van der Waals surface area contributed by atoms with Crippen LogP contribution in [0.5, 0.6) is 0 Å². The molecule has 18 heavy (non-hydrogen) atoms. The Morgan fingerprint density at radius 3 is 2.72 bits per heavy atom. The Labute approximate surface area is 100 Å². The van der Waals surface area contributed by atoms with E-state index in [0.717, 1.165) is 6.08 Å². The van der Waals surface area contributed by atoms with Gasteiger partial charge in [0.05, 0.1) is 0 Å². The van der Waals surface area contributed by atoms with Gasteiger partial charge in [-0.05, 0) is 23.8 Å². The highest BCUT2D eigenvalue weighted by atomic mass is 19.4. The second-order valence-corrected chi connectivity index (χ2v) is 3.26. The fraction of sp³-hybridized carbons (Fsp3) is 0.182. The molecule has 0 aliphatic rings. The van der Waals surface area contributed by atoms with Gasteiger partial charge in [0.1, 0.15) is 5.82 Å². The molecule has 0 spiro atoms. The van der Waals surface area contributed by atoms with Gasteiger partial charge in [0.25, 0.3) is 5.91 Å². The van der Waals surface area contributed by atoms with E-state index >= 15 is 0 Å². The third-order valence-corrected chi connectivity index (χ3v) is 1.68. The Kier molecular flexibility index (Phi) is 4.85. The Morgan fingerprint density at radius 1 is 1.39 bits per heavy atom. The number of hydrogen-bond donors (Lipinski definition) is 1. The zero-order chi connectivity index (χ0) is 13.6. The third kappa shape index (κ3) is 6.00. The first-order chi connectivity index (χ1) is 8.37. The number of carbonyl (C=O) groups excluding carboxylic acids is 1. The SMILES string of the molecule is O=C(/C=C/c1cccc(F)c1)NOCC(F)(F)F. The molecule has 1 amide bonds. The maximum Gasteiger partial charge on any atom is 0.414 e. The summed E-state index contributed by atoms with van der Waals surface area (Å²) in [5, 5.41) is 0. The molecule has 98 valence electrons. The van der Waals surface area contributed by atoms with Crippen molar-refractivity contribution in [1.82, 2.24) is 5.48 Å². The first-order valence-electron chi connectivity index (χ1n) is 4.79. The number of nitrogens with one attached hydrogen (secondary N) is 1. The fourth-order valence-corrected chi connectivity index (χ4v) is 1.01. The number of benzene rings is 1. The number of halogens is 4. The molecule has 1 aromatic rings. The minimum absolute atomic E-state index is 0.404. The van der Waals surface area contributed by atoms with E-state index in [9.17, 15) is 22.4 Å². The van der Waals surface area contributed by atoms with Crippen molar-refractivity contribution in [3.05, 3.63) is 41.7 Å². The molecule has 0 saturated heterocycles. The molecule has 0 bridgehead atoms. The monoisotopic (exact) mass is 263 g/mol. The van der Waals surface area contributed by atoms with Crippen molar-refractivity contribution in [2.45, 2.75) is 6.18 Å². The Hall–Kier alpha value is -1.89. The minimum atomic E-state index is -4.51. The van der Waals surface area contributed by atoms with Crippen LogP contribution < -0.4 is 5.48 Å². The molecule has 1 N–H and O–H groups in total. The van der Waals surface area contributed by atoms with Crippen LogP contribution in [0.4, 0.5) is 17.6 Å². The second-order valence-electron chi connectivity index (χ2n) is 3.26. The van der Waals surface area contributed by atoms with Crippen molar-refractivity contribution < 1.29 is 27.2 Å². The lowest BCUT2D eigenvalue weighted by molar-refractivity contribution is -0.190. The molecule has 0 aliphatic carbocycles.